The Morgan fingerprint density at radius 3 is 2.51 bits per heavy atom. The van der Waals surface area contributed by atoms with Gasteiger partial charge in [0.15, 0.2) is 0 Å². The molecular weight excluding hydrogens is 490 g/mol. The molecule has 2 aliphatic rings. The molecule has 0 aliphatic carbocycles. The number of anilines is 2. The lowest BCUT2D eigenvalue weighted by Gasteiger charge is -2.39. The molecule has 0 radical (unpaired) electrons. The van der Waals surface area contributed by atoms with Crippen LogP contribution < -0.4 is 10.6 Å². The maximum absolute atomic E-state index is 13.9. The lowest BCUT2D eigenvalue weighted by Crippen LogP contribution is -2.53. The molecule has 0 aromatic heterocycles. The van der Waals surface area contributed by atoms with Gasteiger partial charge < -0.3 is 20.3 Å². The van der Waals surface area contributed by atoms with Gasteiger partial charge in [0, 0.05) is 50.1 Å². The van der Waals surface area contributed by atoms with E-state index in [0.717, 1.165) is 30.2 Å². The van der Waals surface area contributed by atoms with Gasteiger partial charge in [-0.05, 0) is 61.9 Å². The van der Waals surface area contributed by atoms with Crippen molar-refractivity contribution in [3.8, 4) is 0 Å². The van der Waals surface area contributed by atoms with Crippen molar-refractivity contribution in [2.75, 3.05) is 36.9 Å². The number of aryl methyl sites for hydroxylation is 1. The Bertz CT molecular complexity index is 1120. The molecule has 37 heavy (non-hydrogen) atoms. The van der Waals surface area contributed by atoms with Crippen LogP contribution in [0.4, 0.5) is 28.9 Å². The summed E-state index contributed by atoms with van der Waals surface area (Å²) < 4.78 is 58.8. The number of ether oxygens (including phenoxy) is 1. The molecule has 0 unspecified atom stereocenters. The second-order valence-electron chi connectivity index (χ2n) is 9.78. The lowest BCUT2D eigenvalue weighted by atomic mass is 9.89. The average Bonchev–Trinajstić information content (AvgIpc) is 2.85. The second-order valence-corrected chi connectivity index (χ2v) is 9.78. The fourth-order valence-corrected chi connectivity index (χ4v) is 4.94. The number of alkyl halides is 3. The van der Waals surface area contributed by atoms with Crippen LogP contribution in [0, 0.1) is 24.6 Å². The first-order valence-electron chi connectivity index (χ1n) is 12.5. The Kier molecular flexibility index (Phi) is 8.36. The third-order valence-electron chi connectivity index (χ3n) is 7.09. The van der Waals surface area contributed by atoms with Crippen LogP contribution in [0.2, 0.25) is 0 Å². The van der Waals surface area contributed by atoms with E-state index in [4.69, 9.17) is 4.74 Å². The third kappa shape index (κ3) is 7.00. The van der Waals surface area contributed by atoms with Crippen molar-refractivity contribution >= 4 is 23.2 Å². The summed E-state index contributed by atoms with van der Waals surface area (Å²) in [4.78, 5) is 28.1. The van der Waals surface area contributed by atoms with Gasteiger partial charge in [0.1, 0.15) is 5.82 Å². The van der Waals surface area contributed by atoms with Crippen molar-refractivity contribution in [2.45, 2.75) is 44.8 Å². The highest BCUT2D eigenvalue weighted by Crippen LogP contribution is 2.32. The lowest BCUT2D eigenvalue weighted by molar-refractivity contribution is -0.138. The number of likely N-dealkylation sites (tertiary alicyclic amines) is 1. The van der Waals surface area contributed by atoms with E-state index < -0.39 is 29.4 Å². The highest BCUT2D eigenvalue weighted by molar-refractivity contribution is 5.94. The van der Waals surface area contributed by atoms with Crippen LogP contribution in [0.3, 0.4) is 0 Å². The topological polar surface area (TPSA) is 70.7 Å². The van der Waals surface area contributed by atoms with Crippen molar-refractivity contribution in [3.63, 3.8) is 0 Å². The number of piperidine rings is 1. The third-order valence-corrected chi connectivity index (χ3v) is 7.09. The molecule has 2 amide bonds. The van der Waals surface area contributed by atoms with Gasteiger partial charge in [0.2, 0.25) is 11.8 Å². The molecule has 0 saturated carbocycles. The number of nitrogens with one attached hydrogen (secondary N) is 2. The van der Waals surface area contributed by atoms with Crippen LogP contribution in [0.15, 0.2) is 42.5 Å². The predicted molar refractivity (Wildman–Crippen MR) is 131 cm³/mol. The molecule has 6 nitrogen and oxygen atoms in total. The molecule has 0 spiro atoms. The Hall–Kier alpha value is -3.14. The predicted octanol–water partition coefficient (Wildman–Crippen LogP) is 5.24. The fourth-order valence-electron chi connectivity index (χ4n) is 4.94. The Morgan fingerprint density at radius 1 is 1.08 bits per heavy atom. The van der Waals surface area contributed by atoms with E-state index >= 15 is 0 Å². The van der Waals surface area contributed by atoms with E-state index in [2.05, 4.69) is 10.6 Å². The molecule has 2 heterocycles. The van der Waals surface area contributed by atoms with Gasteiger partial charge in [-0.2, -0.15) is 13.2 Å². The number of rotatable bonds is 6. The SMILES string of the molecule is Cc1ccccc1N[C@H]1CCN(C(=O)CC2CCOCC2)C[C@@H]1C(=O)Nc1cc(F)cc(C(F)(F)F)c1. The summed E-state index contributed by atoms with van der Waals surface area (Å²) >= 11 is 0. The monoisotopic (exact) mass is 521 g/mol. The summed E-state index contributed by atoms with van der Waals surface area (Å²) in [5.41, 5.74) is 0.337. The Morgan fingerprint density at radius 2 is 1.81 bits per heavy atom. The zero-order valence-electron chi connectivity index (χ0n) is 20.6. The maximum atomic E-state index is 13.9. The van der Waals surface area contributed by atoms with Crippen LogP contribution in [0.1, 0.15) is 36.8 Å². The number of para-hydroxylation sites is 1. The first-order chi connectivity index (χ1) is 17.6. The minimum Gasteiger partial charge on any atom is -0.381 e. The van der Waals surface area contributed by atoms with Gasteiger partial charge >= 0.3 is 6.18 Å². The van der Waals surface area contributed by atoms with Crippen molar-refractivity contribution < 1.29 is 31.9 Å². The van der Waals surface area contributed by atoms with Crippen LogP contribution in [-0.4, -0.2) is 49.1 Å². The maximum Gasteiger partial charge on any atom is 0.416 e. The van der Waals surface area contributed by atoms with Gasteiger partial charge in [0.25, 0.3) is 0 Å². The quantitative estimate of drug-likeness (QED) is 0.511. The van der Waals surface area contributed by atoms with Crippen LogP contribution in [0.25, 0.3) is 0 Å². The van der Waals surface area contributed by atoms with Gasteiger partial charge in [-0.1, -0.05) is 18.2 Å². The molecule has 2 aromatic carbocycles. The van der Waals surface area contributed by atoms with Gasteiger partial charge in [-0.25, -0.2) is 4.39 Å². The highest BCUT2D eigenvalue weighted by atomic mass is 19.4. The molecule has 10 heteroatoms. The zero-order chi connectivity index (χ0) is 26.6. The standard InChI is InChI=1S/C27H31F4N3O3/c1-17-4-2-3-5-23(17)33-24-6-9-34(25(35)12-18-7-10-37-11-8-18)16-22(24)26(36)32-21-14-19(27(29,30)31)13-20(28)15-21/h2-5,13-15,18,22,24,33H,6-12,16H2,1H3,(H,32,36)/t22-,24-/m0/s1. The Balaban J connectivity index is 1.53. The fraction of sp³-hybridized carbons (Fsp3) is 0.481. The minimum absolute atomic E-state index is 0.0517. The number of carbonyl (C=O) groups excluding carboxylic acids is 2. The smallest absolute Gasteiger partial charge is 0.381 e. The number of amides is 2. The summed E-state index contributed by atoms with van der Waals surface area (Å²) in [6.45, 7) is 3.74. The molecule has 0 bridgehead atoms. The van der Waals surface area contributed by atoms with Crippen molar-refractivity contribution in [1.82, 2.24) is 4.90 Å². The average molecular weight is 522 g/mol. The number of nitrogens with zero attached hydrogens (tertiary/aromatic N) is 1. The molecule has 2 aromatic rings. The molecule has 4 rings (SSSR count). The first-order valence-corrected chi connectivity index (χ1v) is 12.5. The molecule has 2 fully saturated rings. The van der Waals surface area contributed by atoms with E-state index in [0.29, 0.717) is 44.7 Å². The van der Waals surface area contributed by atoms with Crippen LogP contribution >= 0.6 is 0 Å². The second kappa shape index (κ2) is 11.5. The van der Waals surface area contributed by atoms with E-state index in [-0.39, 0.29) is 30.1 Å². The van der Waals surface area contributed by atoms with E-state index in [9.17, 15) is 27.2 Å². The van der Waals surface area contributed by atoms with Gasteiger partial charge in [-0.3, -0.25) is 9.59 Å². The minimum atomic E-state index is -4.76. The largest absolute Gasteiger partial charge is 0.416 e. The number of hydrogen-bond donors (Lipinski definition) is 2. The summed E-state index contributed by atoms with van der Waals surface area (Å²) in [6.07, 6.45) is -2.30. The zero-order valence-corrected chi connectivity index (χ0v) is 20.6. The molecule has 2 saturated heterocycles. The van der Waals surface area contributed by atoms with E-state index in [1.54, 1.807) is 4.90 Å². The van der Waals surface area contributed by atoms with Crippen molar-refractivity contribution in [1.29, 1.82) is 0 Å². The van der Waals surface area contributed by atoms with Crippen LogP contribution in [-0.2, 0) is 20.5 Å². The molecule has 2 N–H and O–H groups in total. The number of hydrogen-bond acceptors (Lipinski definition) is 4. The Labute approximate surface area is 213 Å². The number of carbonyl (C=O) groups is 2. The molecule has 2 atom stereocenters. The van der Waals surface area contributed by atoms with E-state index in [1.165, 1.54) is 0 Å². The number of halogens is 4. The highest BCUT2D eigenvalue weighted by Gasteiger charge is 2.37. The van der Waals surface area contributed by atoms with E-state index in [1.807, 2.05) is 31.2 Å². The summed E-state index contributed by atoms with van der Waals surface area (Å²) in [7, 11) is 0. The number of benzene rings is 2. The summed E-state index contributed by atoms with van der Waals surface area (Å²) in [5, 5.41) is 5.85. The first kappa shape index (κ1) is 26.9. The summed E-state index contributed by atoms with van der Waals surface area (Å²) in [6, 6.07) is 9.14. The van der Waals surface area contributed by atoms with Crippen molar-refractivity contribution in [3.05, 3.63) is 59.4 Å². The van der Waals surface area contributed by atoms with Gasteiger partial charge in [-0.15, -0.1) is 0 Å². The van der Waals surface area contributed by atoms with Crippen LogP contribution in [0.5, 0.6) is 0 Å². The van der Waals surface area contributed by atoms with Gasteiger partial charge in [0.05, 0.1) is 11.5 Å². The molecule has 200 valence electrons. The molecular formula is C27H31F4N3O3. The normalized spacial score (nSPS) is 20.9. The van der Waals surface area contributed by atoms with Crippen molar-refractivity contribution in [2.24, 2.45) is 11.8 Å². The molecule has 2 aliphatic heterocycles. The summed E-state index contributed by atoms with van der Waals surface area (Å²) in [5.74, 6) is -2.26.